The average molecular weight is 325 g/mol. The smallest absolute Gasteiger partial charge is 0.160 e. The zero-order valence-corrected chi connectivity index (χ0v) is 13.7. The molecule has 2 rings (SSSR count). The molecule has 0 bridgehead atoms. The molecule has 4 atom stereocenters. The lowest BCUT2D eigenvalue weighted by Crippen LogP contribution is -2.44. The van der Waals surface area contributed by atoms with Gasteiger partial charge in [-0.05, 0) is 19.4 Å². The normalized spacial score (nSPS) is 28.2. The molecule has 4 N–H and O–H groups in total. The monoisotopic (exact) mass is 325 g/mol. The molecule has 0 saturated heterocycles. The van der Waals surface area contributed by atoms with E-state index in [1.54, 1.807) is 0 Å². The summed E-state index contributed by atoms with van der Waals surface area (Å²) >= 11 is 0. The average Bonchev–Trinajstić information content (AvgIpc) is 2.74. The van der Waals surface area contributed by atoms with Crippen molar-refractivity contribution in [3.63, 3.8) is 0 Å². The first-order valence-electron chi connectivity index (χ1n) is 7.94. The number of aliphatic hydroxyl groups excluding tert-OH is 1. The van der Waals surface area contributed by atoms with Crippen LogP contribution in [0.5, 0.6) is 0 Å². The van der Waals surface area contributed by atoms with Gasteiger partial charge < -0.3 is 30.2 Å². The Balaban J connectivity index is 1.67. The van der Waals surface area contributed by atoms with Gasteiger partial charge in [0, 0.05) is 6.42 Å². The molecule has 6 heteroatoms. The van der Waals surface area contributed by atoms with Crippen LogP contribution in [0, 0.1) is 0 Å². The second kappa shape index (κ2) is 8.19. The highest BCUT2D eigenvalue weighted by Gasteiger charge is 2.43. The van der Waals surface area contributed by atoms with Crippen LogP contribution in [0.3, 0.4) is 0 Å². The van der Waals surface area contributed by atoms with Crippen molar-refractivity contribution in [2.24, 2.45) is 5.73 Å². The van der Waals surface area contributed by atoms with E-state index in [9.17, 15) is 10.2 Å². The largest absolute Gasteiger partial charge is 0.389 e. The van der Waals surface area contributed by atoms with Crippen LogP contribution in [0.1, 0.15) is 25.8 Å². The van der Waals surface area contributed by atoms with Crippen LogP contribution in [0.25, 0.3) is 0 Å². The number of benzene rings is 1. The summed E-state index contributed by atoms with van der Waals surface area (Å²) in [5.74, 6) is -1.28. The van der Waals surface area contributed by atoms with Gasteiger partial charge in [-0.25, -0.2) is 0 Å². The SMILES string of the molecule is CC(C)(O)O[C@@H]1C[C@@H](OCCOCc2ccccc2)[C@H](O)[C@H]1N. The molecule has 0 amide bonds. The van der Waals surface area contributed by atoms with E-state index in [0.717, 1.165) is 5.56 Å². The number of rotatable bonds is 8. The molecule has 0 spiro atoms. The van der Waals surface area contributed by atoms with Crippen molar-refractivity contribution in [3.05, 3.63) is 35.9 Å². The summed E-state index contributed by atoms with van der Waals surface area (Å²) in [6, 6.07) is 9.32. The van der Waals surface area contributed by atoms with Gasteiger partial charge in [0.05, 0.1) is 44.2 Å². The lowest BCUT2D eigenvalue weighted by molar-refractivity contribution is -0.208. The standard InChI is InChI=1S/C17H27NO5/c1-17(2,20)23-13-10-14(16(19)15(13)18)22-9-8-21-11-12-6-4-3-5-7-12/h3-7,13-16,19-20H,8-11,18H2,1-2H3/t13-,14-,15+,16+/m1/s1. The van der Waals surface area contributed by atoms with E-state index in [1.165, 1.54) is 13.8 Å². The van der Waals surface area contributed by atoms with Crippen molar-refractivity contribution >= 4 is 0 Å². The second-order valence-electron chi connectivity index (χ2n) is 6.35. The van der Waals surface area contributed by atoms with Crippen LogP contribution in [-0.2, 0) is 20.8 Å². The molecule has 0 radical (unpaired) electrons. The maximum Gasteiger partial charge on any atom is 0.160 e. The fraction of sp³-hybridized carbons (Fsp3) is 0.647. The first-order valence-corrected chi connectivity index (χ1v) is 7.94. The van der Waals surface area contributed by atoms with Crippen LogP contribution in [0.4, 0.5) is 0 Å². The summed E-state index contributed by atoms with van der Waals surface area (Å²) < 4.78 is 16.6. The summed E-state index contributed by atoms with van der Waals surface area (Å²) in [4.78, 5) is 0. The van der Waals surface area contributed by atoms with Gasteiger partial charge in [-0.2, -0.15) is 0 Å². The summed E-state index contributed by atoms with van der Waals surface area (Å²) in [6.45, 7) is 4.41. The topological polar surface area (TPSA) is 94.2 Å². The van der Waals surface area contributed by atoms with Crippen molar-refractivity contribution in [1.82, 2.24) is 0 Å². The van der Waals surface area contributed by atoms with E-state index in [0.29, 0.717) is 26.2 Å². The lowest BCUT2D eigenvalue weighted by Gasteiger charge is -2.26. The summed E-state index contributed by atoms with van der Waals surface area (Å²) in [7, 11) is 0. The Morgan fingerprint density at radius 1 is 1.17 bits per heavy atom. The first-order chi connectivity index (χ1) is 10.9. The highest BCUT2D eigenvalue weighted by molar-refractivity contribution is 5.13. The lowest BCUT2D eigenvalue weighted by atomic mass is 10.2. The van der Waals surface area contributed by atoms with Crippen molar-refractivity contribution < 1.29 is 24.4 Å². The molecule has 1 aliphatic carbocycles. The molecular formula is C17H27NO5. The molecule has 1 fully saturated rings. The fourth-order valence-corrected chi connectivity index (χ4v) is 2.68. The number of hydrogen-bond acceptors (Lipinski definition) is 6. The summed E-state index contributed by atoms with van der Waals surface area (Å²) in [6.07, 6.45) is -1.19. The van der Waals surface area contributed by atoms with Gasteiger partial charge in [0.2, 0.25) is 0 Å². The number of hydrogen-bond donors (Lipinski definition) is 3. The Labute approximate surface area is 137 Å². The minimum absolute atomic E-state index is 0.372. The van der Waals surface area contributed by atoms with E-state index in [1.807, 2.05) is 30.3 Å². The predicted molar refractivity (Wildman–Crippen MR) is 85.6 cm³/mol. The van der Waals surface area contributed by atoms with Gasteiger partial charge in [0.1, 0.15) is 0 Å². The van der Waals surface area contributed by atoms with Crippen LogP contribution in [0.2, 0.25) is 0 Å². The Bertz CT molecular complexity index is 462. The number of aliphatic hydroxyl groups is 2. The molecule has 1 aromatic carbocycles. The molecule has 0 aliphatic heterocycles. The van der Waals surface area contributed by atoms with Gasteiger partial charge >= 0.3 is 0 Å². The molecule has 1 aromatic rings. The van der Waals surface area contributed by atoms with Crippen LogP contribution in [0.15, 0.2) is 30.3 Å². The molecular weight excluding hydrogens is 298 g/mol. The highest BCUT2D eigenvalue weighted by Crippen LogP contribution is 2.27. The Morgan fingerprint density at radius 2 is 1.87 bits per heavy atom. The van der Waals surface area contributed by atoms with Crippen molar-refractivity contribution in [2.75, 3.05) is 13.2 Å². The first kappa shape index (κ1) is 18.3. The zero-order chi connectivity index (χ0) is 16.9. The zero-order valence-electron chi connectivity index (χ0n) is 13.7. The molecule has 1 aliphatic rings. The second-order valence-corrected chi connectivity index (χ2v) is 6.35. The minimum atomic E-state index is -1.28. The Hall–Kier alpha value is -1.02. The summed E-state index contributed by atoms with van der Waals surface area (Å²) in [5, 5.41) is 19.8. The van der Waals surface area contributed by atoms with Crippen molar-refractivity contribution in [2.45, 2.75) is 57.0 Å². The minimum Gasteiger partial charge on any atom is -0.389 e. The van der Waals surface area contributed by atoms with Crippen LogP contribution in [-0.4, -0.2) is 53.6 Å². The molecule has 0 heterocycles. The van der Waals surface area contributed by atoms with Crippen LogP contribution >= 0.6 is 0 Å². The van der Waals surface area contributed by atoms with E-state index in [4.69, 9.17) is 19.9 Å². The third kappa shape index (κ3) is 5.84. The van der Waals surface area contributed by atoms with Gasteiger partial charge in [0.15, 0.2) is 5.79 Å². The molecule has 0 aromatic heterocycles. The molecule has 130 valence electrons. The number of nitrogens with two attached hydrogens (primary N) is 1. The fourth-order valence-electron chi connectivity index (χ4n) is 2.68. The molecule has 23 heavy (non-hydrogen) atoms. The van der Waals surface area contributed by atoms with Crippen LogP contribution < -0.4 is 5.73 Å². The van der Waals surface area contributed by atoms with Crippen molar-refractivity contribution in [1.29, 1.82) is 0 Å². The van der Waals surface area contributed by atoms with Gasteiger partial charge in [0.25, 0.3) is 0 Å². The van der Waals surface area contributed by atoms with Crippen molar-refractivity contribution in [3.8, 4) is 0 Å². The van der Waals surface area contributed by atoms with E-state index in [2.05, 4.69) is 0 Å². The van der Waals surface area contributed by atoms with Gasteiger partial charge in [-0.1, -0.05) is 30.3 Å². The maximum atomic E-state index is 10.1. The van der Waals surface area contributed by atoms with Gasteiger partial charge in [-0.15, -0.1) is 0 Å². The van der Waals surface area contributed by atoms with E-state index >= 15 is 0 Å². The third-order valence-electron chi connectivity index (χ3n) is 3.78. The highest BCUT2D eigenvalue weighted by atomic mass is 16.6. The number of ether oxygens (including phenoxy) is 3. The quantitative estimate of drug-likeness (QED) is 0.483. The Kier molecular flexibility index (Phi) is 6.52. The summed E-state index contributed by atoms with van der Waals surface area (Å²) in [5.41, 5.74) is 7.03. The van der Waals surface area contributed by atoms with E-state index < -0.39 is 30.1 Å². The molecule has 0 unspecified atom stereocenters. The molecule has 1 saturated carbocycles. The Morgan fingerprint density at radius 3 is 2.52 bits per heavy atom. The third-order valence-corrected chi connectivity index (χ3v) is 3.78. The molecule has 6 nitrogen and oxygen atoms in total. The predicted octanol–water partition coefficient (Wildman–Crippen LogP) is 0.794. The maximum absolute atomic E-state index is 10.1. The van der Waals surface area contributed by atoms with Gasteiger partial charge in [-0.3, -0.25) is 0 Å². The van der Waals surface area contributed by atoms with E-state index in [-0.39, 0.29) is 0 Å².